The monoisotopic (exact) mass is 379 g/mol. The third kappa shape index (κ3) is 4.45. The molecule has 0 spiro atoms. The smallest absolute Gasteiger partial charge is 0.348 e. The van der Waals surface area contributed by atoms with Crippen LogP contribution in [0.5, 0.6) is 0 Å². The molecule has 2 rings (SSSR count). The zero-order valence-electron chi connectivity index (χ0n) is 14.2. The van der Waals surface area contributed by atoms with Crippen molar-refractivity contribution >= 4 is 17.9 Å². The summed E-state index contributed by atoms with van der Waals surface area (Å²) in [5.74, 6) is -1.97. The van der Waals surface area contributed by atoms with Gasteiger partial charge in [-0.15, -0.1) is 0 Å². The van der Waals surface area contributed by atoms with E-state index in [-0.39, 0.29) is 5.92 Å². The molecule has 2 aliphatic rings. The summed E-state index contributed by atoms with van der Waals surface area (Å²) in [6.45, 7) is 2.35. The van der Waals surface area contributed by atoms with Crippen LogP contribution in [0.4, 0.5) is 9.18 Å². The van der Waals surface area contributed by atoms with Gasteiger partial charge >= 0.3 is 12.0 Å². The number of rotatable bonds is 6. The van der Waals surface area contributed by atoms with Crippen molar-refractivity contribution in [2.24, 2.45) is 11.7 Å². The zero-order valence-corrected chi connectivity index (χ0v) is 14.2. The predicted octanol–water partition coefficient (Wildman–Crippen LogP) is -2.22. The van der Waals surface area contributed by atoms with Crippen LogP contribution >= 0.6 is 0 Å². The molecule has 2 aliphatic heterocycles. The molecular formula is C14H22FN3O8. The lowest BCUT2D eigenvalue weighted by Gasteiger charge is -2.30. The standard InChI is InChI=1S/C14H22FN3O8/c1-5(2)8(16)12(22)24-4-7-9(19)10(20)13(25-7)26-18-3-6(15)11(21)17-14(18)23/h5-10,13,19-20H,3-4,16H2,1-2H3,(H,17,21,23)/t6?,7-,8+,9-,10-,13+/m1/s1. The number of hydrogen-bond acceptors (Lipinski definition) is 9. The van der Waals surface area contributed by atoms with Crippen molar-refractivity contribution in [3.05, 3.63) is 0 Å². The number of imide groups is 1. The maximum absolute atomic E-state index is 13.4. The van der Waals surface area contributed by atoms with E-state index < -0.39 is 67.9 Å². The molecule has 12 heteroatoms. The predicted molar refractivity (Wildman–Crippen MR) is 80.7 cm³/mol. The SMILES string of the molecule is CC(C)[C@H](N)C(=O)OC[C@H]1O[C@@H](ON2CC(F)C(=O)NC2=O)[C@H](O)[C@@H]1O. The molecule has 26 heavy (non-hydrogen) atoms. The number of carbonyl (C=O) groups excluding carboxylic acids is 3. The van der Waals surface area contributed by atoms with Crippen LogP contribution in [0, 0.1) is 5.92 Å². The van der Waals surface area contributed by atoms with Gasteiger partial charge in [-0.3, -0.25) is 14.9 Å². The number of hydrogen-bond donors (Lipinski definition) is 4. The van der Waals surface area contributed by atoms with Crippen molar-refractivity contribution in [2.45, 2.75) is 50.7 Å². The Morgan fingerprint density at radius 3 is 2.69 bits per heavy atom. The largest absolute Gasteiger partial charge is 0.462 e. The van der Waals surface area contributed by atoms with Gasteiger partial charge in [0.05, 0.1) is 6.54 Å². The molecule has 2 fully saturated rings. The van der Waals surface area contributed by atoms with Gasteiger partial charge in [0.15, 0.2) is 6.17 Å². The Kier molecular flexibility index (Phi) is 6.47. The highest BCUT2D eigenvalue weighted by Crippen LogP contribution is 2.24. The summed E-state index contributed by atoms with van der Waals surface area (Å²) in [7, 11) is 0. The number of nitrogens with two attached hydrogens (primary N) is 1. The van der Waals surface area contributed by atoms with Crippen LogP contribution in [-0.2, 0) is 23.9 Å². The topological polar surface area (TPSA) is 161 Å². The fraction of sp³-hybridized carbons (Fsp3) is 0.786. The molecule has 2 heterocycles. The third-order valence-electron chi connectivity index (χ3n) is 4.00. The van der Waals surface area contributed by atoms with E-state index in [0.29, 0.717) is 5.06 Å². The molecule has 0 aromatic heterocycles. The van der Waals surface area contributed by atoms with E-state index in [2.05, 4.69) is 0 Å². The van der Waals surface area contributed by atoms with E-state index >= 15 is 0 Å². The van der Waals surface area contributed by atoms with Crippen LogP contribution < -0.4 is 11.1 Å². The molecule has 3 amide bonds. The minimum atomic E-state index is -2.01. The van der Waals surface area contributed by atoms with Gasteiger partial charge in [0, 0.05) is 0 Å². The van der Waals surface area contributed by atoms with E-state index in [1.54, 1.807) is 19.2 Å². The van der Waals surface area contributed by atoms with Gasteiger partial charge < -0.3 is 25.4 Å². The summed E-state index contributed by atoms with van der Waals surface area (Å²) < 4.78 is 23.5. The first kappa shape index (κ1) is 20.5. The van der Waals surface area contributed by atoms with Crippen molar-refractivity contribution in [1.82, 2.24) is 10.4 Å². The zero-order chi connectivity index (χ0) is 19.6. The van der Waals surface area contributed by atoms with E-state index in [0.717, 1.165) is 0 Å². The van der Waals surface area contributed by atoms with Crippen LogP contribution in [0.2, 0.25) is 0 Å². The van der Waals surface area contributed by atoms with Gasteiger partial charge in [0.1, 0.15) is 31.0 Å². The van der Waals surface area contributed by atoms with Gasteiger partial charge in [0.2, 0.25) is 6.29 Å². The maximum atomic E-state index is 13.4. The lowest BCUT2D eigenvalue weighted by molar-refractivity contribution is -0.274. The molecule has 6 atom stereocenters. The number of alkyl halides is 1. The third-order valence-corrected chi connectivity index (χ3v) is 4.00. The van der Waals surface area contributed by atoms with Crippen LogP contribution in [-0.4, -0.2) is 83.2 Å². The van der Waals surface area contributed by atoms with E-state index in [9.17, 15) is 29.0 Å². The van der Waals surface area contributed by atoms with Gasteiger partial charge in [-0.2, -0.15) is 5.06 Å². The number of aliphatic hydroxyl groups excluding tert-OH is 2. The molecule has 0 aliphatic carbocycles. The number of nitrogens with zero attached hydrogens (tertiary/aromatic N) is 1. The number of urea groups is 1. The van der Waals surface area contributed by atoms with E-state index in [1.807, 2.05) is 0 Å². The highest BCUT2D eigenvalue weighted by molar-refractivity contribution is 5.98. The molecule has 11 nitrogen and oxygen atoms in total. The molecule has 0 aromatic carbocycles. The summed E-state index contributed by atoms with van der Waals surface area (Å²) in [4.78, 5) is 39.4. The second-order valence-corrected chi connectivity index (χ2v) is 6.35. The Hall–Kier alpha value is -1.86. The fourth-order valence-corrected chi connectivity index (χ4v) is 2.25. The second kappa shape index (κ2) is 8.22. The number of amides is 3. The number of carbonyl (C=O) groups is 3. The highest BCUT2D eigenvalue weighted by Gasteiger charge is 2.47. The number of nitrogens with one attached hydrogen (secondary N) is 1. The average Bonchev–Trinajstić information content (AvgIpc) is 2.84. The Bertz CT molecular complexity index is 562. The van der Waals surface area contributed by atoms with Crippen LogP contribution in [0.15, 0.2) is 0 Å². The number of aliphatic hydroxyl groups is 2. The molecule has 148 valence electrons. The Morgan fingerprint density at radius 2 is 2.08 bits per heavy atom. The van der Waals surface area contributed by atoms with Crippen molar-refractivity contribution in [3.63, 3.8) is 0 Å². The van der Waals surface area contributed by atoms with Crippen LogP contribution in [0.3, 0.4) is 0 Å². The molecular weight excluding hydrogens is 357 g/mol. The number of halogens is 1. The molecule has 0 radical (unpaired) electrons. The number of hydroxylamine groups is 2. The summed E-state index contributed by atoms with van der Waals surface area (Å²) in [6, 6.07) is -1.89. The average molecular weight is 379 g/mol. The minimum Gasteiger partial charge on any atom is -0.462 e. The van der Waals surface area contributed by atoms with Crippen LogP contribution in [0.1, 0.15) is 13.8 Å². The molecule has 1 unspecified atom stereocenters. The lowest BCUT2D eigenvalue weighted by Crippen LogP contribution is -2.57. The summed E-state index contributed by atoms with van der Waals surface area (Å²) in [5.41, 5.74) is 5.63. The molecule has 5 N–H and O–H groups in total. The maximum Gasteiger partial charge on any atom is 0.348 e. The quantitative estimate of drug-likeness (QED) is 0.375. The van der Waals surface area contributed by atoms with Gasteiger partial charge in [0.25, 0.3) is 5.91 Å². The molecule has 2 saturated heterocycles. The van der Waals surface area contributed by atoms with Gasteiger partial charge in [-0.05, 0) is 5.92 Å². The van der Waals surface area contributed by atoms with Crippen LogP contribution in [0.25, 0.3) is 0 Å². The van der Waals surface area contributed by atoms with Crippen molar-refractivity contribution in [3.8, 4) is 0 Å². The molecule has 0 saturated carbocycles. The lowest BCUT2D eigenvalue weighted by atomic mass is 10.1. The van der Waals surface area contributed by atoms with Gasteiger partial charge in [-0.25, -0.2) is 14.0 Å². The minimum absolute atomic E-state index is 0.160. The first-order chi connectivity index (χ1) is 12.1. The Labute approximate surface area is 148 Å². The van der Waals surface area contributed by atoms with Crippen molar-refractivity contribution in [2.75, 3.05) is 13.2 Å². The summed E-state index contributed by atoms with van der Waals surface area (Å²) in [5, 5.41) is 22.1. The normalized spacial score (nSPS) is 33.3. The molecule has 0 aromatic rings. The first-order valence-corrected chi connectivity index (χ1v) is 7.98. The summed E-state index contributed by atoms with van der Waals surface area (Å²) in [6.07, 6.45) is -7.77. The Morgan fingerprint density at radius 1 is 1.42 bits per heavy atom. The van der Waals surface area contributed by atoms with E-state index in [4.69, 9.17) is 20.0 Å². The highest BCUT2D eigenvalue weighted by atomic mass is 19.1. The van der Waals surface area contributed by atoms with E-state index in [1.165, 1.54) is 0 Å². The number of esters is 1. The summed E-state index contributed by atoms with van der Waals surface area (Å²) >= 11 is 0. The van der Waals surface area contributed by atoms with Crippen molar-refractivity contribution in [1.29, 1.82) is 0 Å². The molecule has 0 bridgehead atoms. The van der Waals surface area contributed by atoms with Gasteiger partial charge in [-0.1, -0.05) is 13.8 Å². The second-order valence-electron chi connectivity index (χ2n) is 6.35. The number of ether oxygens (including phenoxy) is 2. The first-order valence-electron chi connectivity index (χ1n) is 7.98. The fourth-order valence-electron chi connectivity index (χ4n) is 2.25. The Balaban J connectivity index is 1.89. The van der Waals surface area contributed by atoms with Crippen molar-refractivity contribution < 1.29 is 43.3 Å².